The third kappa shape index (κ3) is 7.21. The van der Waals surface area contributed by atoms with Gasteiger partial charge in [-0.25, -0.2) is 18.7 Å². The van der Waals surface area contributed by atoms with Gasteiger partial charge in [-0.2, -0.15) is 5.10 Å². The van der Waals surface area contributed by atoms with Crippen LogP contribution in [0, 0.1) is 25.6 Å². The predicted molar refractivity (Wildman–Crippen MR) is 261 cm³/mol. The highest BCUT2D eigenvalue weighted by Crippen LogP contribution is 2.56. The average molecular weight is 943 g/mol. The highest BCUT2D eigenvalue weighted by atomic mass is 31.2. The Labute approximate surface area is 394 Å². The molecule has 1 amide bonds. The lowest BCUT2D eigenvalue weighted by Gasteiger charge is -2.35. The van der Waals surface area contributed by atoms with Crippen LogP contribution in [0.15, 0.2) is 81.1 Å². The van der Waals surface area contributed by atoms with Crippen LogP contribution in [0.3, 0.4) is 0 Å². The van der Waals surface area contributed by atoms with Gasteiger partial charge in [0.25, 0.3) is 5.91 Å². The summed E-state index contributed by atoms with van der Waals surface area (Å²) in [6.07, 6.45) is 7.97. The molecule has 4 atom stereocenters. The molecule has 3 aliphatic rings. The molecule has 0 spiro atoms. The fourth-order valence-electron chi connectivity index (χ4n) is 11.4. The molecule has 10 rings (SSSR count). The number of benzene rings is 3. The summed E-state index contributed by atoms with van der Waals surface area (Å²) in [5, 5.41) is 11.1. The van der Waals surface area contributed by atoms with Crippen LogP contribution in [0.25, 0.3) is 28.1 Å². The molecule has 1 N–H and O–H groups in total. The number of rotatable bonds is 11. The van der Waals surface area contributed by atoms with Crippen LogP contribution >= 0.6 is 7.14 Å². The van der Waals surface area contributed by atoms with Crippen molar-refractivity contribution in [2.24, 2.45) is 5.92 Å². The van der Waals surface area contributed by atoms with Crippen molar-refractivity contribution in [2.75, 3.05) is 25.5 Å². The monoisotopic (exact) mass is 942 g/mol. The zero-order valence-corrected chi connectivity index (χ0v) is 41.2. The fraction of sp³-hybridized carbons (Fsp3) is 0.442. The largest absolute Gasteiger partial charge is 0.438 e. The topological polar surface area (TPSA) is 155 Å². The lowest BCUT2D eigenvalue weighted by atomic mass is 9.83. The van der Waals surface area contributed by atoms with Crippen LogP contribution in [0.2, 0.25) is 0 Å². The van der Waals surface area contributed by atoms with E-state index < -0.39 is 24.5 Å². The first kappa shape index (κ1) is 45.7. The van der Waals surface area contributed by atoms with E-state index in [0.717, 1.165) is 40.3 Å². The molecule has 7 aromatic rings. The standard InChI is InChI=1S/C52H60FN8O6P/c1-10-34-26-38(14-16-43(34)68(65,11-2)12-3)58-20-21-59(50(58)64)46-44-33(7)57(19-17-40(44)55-61(46)39-23-30(4)45(53)31(5)24-39)47(62)42-27-37-25-35(36-18-22-66-51(8,9)29-36)13-15-41(37)60(42)52(28-32(52)6)48-54-49(63)67-56-48/h13-16,20-21,23-27,32-33,36H,10-12,17-19,22,28-29H2,1-9H3,(H,54,56,63). The Morgan fingerprint density at radius 1 is 0.941 bits per heavy atom. The van der Waals surface area contributed by atoms with E-state index in [1.54, 1.807) is 52.2 Å². The summed E-state index contributed by atoms with van der Waals surface area (Å²) >= 11 is 0. The molecule has 0 bridgehead atoms. The smallest absolute Gasteiger partial charge is 0.376 e. The molecule has 2 aliphatic heterocycles. The molecule has 4 unspecified atom stereocenters. The molecular formula is C52H60FN8O6P. The molecule has 0 radical (unpaired) electrons. The predicted octanol–water partition coefficient (Wildman–Crippen LogP) is 9.01. The Balaban J connectivity index is 1.11. The van der Waals surface area contributed by atoms with Gasteiger partial charge in [-0.05, 0) is 143 Å². The van der Waals surface area contributed by atoms with Crippen molar-refractivity contribution in [1.29, 1.82) is 0 Å². The number of ether oxygens (including phenoxy) is 1. The molecular weight excluding hydrogens is 883 g/mol. The molecule has 4 aromatic heterocycles. The number of aromatic amines is 1. The highest BCUT2D eigenvalue weighted by molar-refractivity contribution is 7.71. The number of fused-ring (bicyclic) bond motifs is 2. The van der Waals surface area contributed by atoms with Gasteiger partial charge in [0.15, 0.2) is 5.82 Å². The van der Waals surface area contributed by atoms with Gasteiger partial charge in [0, 0.05) is 66.1 Å². The van der Waals surface area contributed by atoms with Crippen LogP contribution < -0.4 is 16.8 Å². The van der Waals surface area contributed by atoms with Gasteiger partial charge in [-0.15, -0.1) is 0 Å². The summed E-state index contributed by atoms with van der Waals surface area (Å²) in [7, 11) is -2.59. The normalized spacial score (nSPS) is 21.4. The minimum Gasteiger partial charge on any atom is -0.376 e. The maximum Gasteiger partial charge on any atom is 0.438 e. The zero-order chi connectivity index (χ0) is 48.2. The first-order valence-electron chi connectivity index (χ1n) is 24.0. The number of halogens is 1. The van der Waals surface area contributed by atoms with Crippen molar-refractivity contribution in [1.82, 2.24) is 38.5 Å². The van der Waals surface area contributed by atoms with E-state index in [0.29, 0.717) is 90.1 Å². The summed E-state index contributed by atoms with van der Waals surface area (Å²) < 4.78 is 47.2. The fourth-order valence-corrected chi connectivity index (χ4v) is 13.6. The molecule has 356 valence electrons. The van der Waals surface area contributed by atoms with Gasteiger partial charge in [0.1, 0.15) is 30.0 Å². The SMILES string of the molecule is CCc1cc(-n2ccn(-c3c4c(nn3-c3cc(C)c(F)c(C)c3)CCN(C(=O)c3cc5cc(C6CCOC(C)(C)C6)ccc5n3C3(c5noc(=O)[nH]5)CC3C)C4C)c2=O)ccc1P(=O)(CC)CC. The third-order valence-electron chi connectivity index (χ3n) is 15.3. The van der Waals surface area contributed by atoms with Gasteiger partial charge < -0.3 is 18.8 Å². The van der Waals surface area contributed by atoms with Crippen LogP contribution in [-0.2, 0) is 27.7 Å². The summed E-state index contributed by atoms with van der Waals surface area (Å²) in [5.41, 5.74) is 5.47. The summed E-state index contributed by atoms with van der Waals surface area (Å²) in [5.74, 6) is -0.0869. The number of aryl methyl sites for hydroxylation is 3. The second-order valence-electron chi connectivity index (χ2n) is 19.9. The van der Waals surface area contributed by atoms with Crippen molar-refractivity contribution >= 4 is 29.3 Å². The second-order valence-corrected chi connectivity index (χ2v) is 23.4. The summed E-state index contributed by atoms with van der Waals surface area (Å²) in [4.78, 5) is 47.7. The number of nitrogens with one attached hydrogen (secondary N) is 1. The first-order chi connectivity index (χ1) is 32.4. The van der Waals surface area contributed by atoms with E-state index in [1.165, 1.54) is 5.56 Å². The van der Waals surface area contributed by atoms with Gasteiger partial charge in [-0.1, -0.05) is 38.9 Å². The van der Waals surface area contributed by atoms with Gasteiger partial charge >= 0.3 is 11.4 Å². The van der Waals surface area contributed by atoms with Crippen LogP contribution in [0.4, 0.5) is 4.39 Å². The lowest BCUT2D eigenvalue weighted by Crippen LogP contribution is -2.41. The van der Waals surface area contributed by atoms with E-state index >= 15 is 9.18 Å². The van der Waals surface area contributed by atoms with E-state index in [2.05, 4.69) is 53.7 Å². The van der Waals surface area contributed by atoms with Crippen LogP contribution in [0.1, 0.15) is 130 Å². The van der Waals surface area contributed by atoms with Gasteiger partial charge in [0.05, 0.1) is 28.7 Å². The van der Waals surface area contributed by atoms with Gasteiger partial charge in [0.2, 0.25) is 0 Å². The first-order valence-corrected chi connectivity index (χ1v) is 26.1. The van der Waals surface area contributed by atoms with E-state index in [9.17, 15) is 14.2 Å². The average Bonchev–Trinajstić information content (AvgIpc) is 3.82. The number of carbonyl (C=O) groups excluding carboxylic acids is 1. The molecule has 1 saturated heterocycles. The van der Waals surface area contributed by atoms with E-state index in [-0.39, 0.29) is 34.9 Å². The van der Waals surface area contributed by atoms with Crippen molar-refractivity contribution in [2.45, 2.75) is 118 Å². The number of hydrogen-bond donors (Lipinski definition) is 1. The maximum absolute atomic E-state index is 15.6. The molecule has 14 nitrogen and oxygen atoms in total. The molecule has 68 heavy (non-hydrogen) atoms. The van der Waals surface area contributed by atoms with Crippen molar-refractivity contribution < 1.29 is 23.0 Å². The Kier molecular flexibility index (Phi) is 11.1. The third-order valence-corrected chi connectivity index (χ3v) is 18.7. The minimum absolute atomic E-state index is 0.0162. The Hall–Kier alpha value is -6.05. The summed E-state index contributed by atoms with van der Waals surface area (Å²) in [6, 6.07) is 17.0. The quantitative estimate of drug-likeness (QED) is 0.126. The van der Waals surface area contributed by atoms with Crippen molar-refractivity contribution in [3.05, 3.63) is 139 Å². The molecule has 1 aliphatic carbocycles. The molecule has 16 heteroatoms. The van der Waals surface area contributed by atoms with Crippen LogP contribution in [0.5, 0.6) is 0 Å². The maximum atomic E-state index is 15.6. The number of H-pyrrole nitrogens is 1. The Morgan fingerprint density at radius 3 is 2.31 bits per heavy atom. The van der Waals surface area contributed by atoms with Crippen molar-refractivity contribution in [3.8, 4) is 17.2 Å². The Bertz CT molecular complexity index is 3300. The number of nitrogens with zero attached hydrogens (tertiary/aromatic N) is 7. The number of imidazole rings is 1. The molecule has 2 fully saturated rings. The number of amides is 1. The van der Waals surface area contributed by atoms with E-state index in [4.69, 9.17) is 14.4 Å². The summed E-state index contributed by atoms with van der Waals surface area (Å²) in [6.45, 7) is 18.7. The zero-order valence-electron chi connectivity index (χ0n) is 40.4. The lowest BCUT2D eigenvalue weighted by molar-refractivity contribution is -0.0592. The number of hydrogen-bond acceptors (Lipinski definition) is 8. The van der Waals surface area contributed by atoms with E-state index in [1.807, 2.05) is 56.9 Å². The molecule has 6 heterocycles. The Morgan fingerprint density at radius 2 is 1.66 bits per heavy atom. The number of carbonyl (C=O) groups is 1. The molecule has 1 saturated carbocycles. The molecule has 3 aromatic carbocycles. The van der Waals surface area contributed by atoms with Crippen molar-refractivity contribution in [3.63, 3.8) is 0 Å². The minimum atomic E-state index is -2.59. The second kappa shape index (κ2) is 16.6. The highest BCUT2D eigenvalue weighted by Gasteiger charge is 2.59. The van der Waals surface area contributed by atoms with Gasteiger partial charge in [-0.3, -0.25) is 23.4 Å². The number of aromatic nitrogens is 7. The van der Waals surface area contributed by atoms with Crippen LogP contribution in [-0.4, -0.2) is 75.5 Å².